The second kappa shape index (κ2) is 5.48. The van der Waals surface area contributed by atoms with Crippen molar-refractivity contribution in [2.75, 3.05) is 40.0 Å². The summed E-state index contributed by atoms with van der Waals surface area (Å²) in [5, 5.41) is 9.44. The molecule has 1 N–H and O–H groups in total. The molecular weight excluding hydrogens is 202 g/mol. The molecule has 2 aliphatic rings. The summed E-state index contributed by atoms with van der Waals surface area (Å²) < 4.78 is 5.38. The van der Waals surface area contributed by atoms with Crippen LogP contribution in [0.15, 0.2) is 0 Å². The maximum absolute atomic E-state index is 9.44. The van der Waals surface area contributed by atoms with Gasteiger partial charge < -0.3 is 14.7 Å². The van der Waals surface area contributed by atoms with Gasteiger partial charge in [0.2, 0.25) is 0 Å². The first-order valence-electron chi connectivity index (χ1n) is 6.61. The zero-order valence-electron chi connectivity index (χ0n) is 10.5. The summed E-state index contributed by atoms with van der Waals surface area (Å²) in [6.07, 6.45) is 6.13. The van der Waals surface area contributed by atoms with E-state index in [1.807, 2.05) is 0 Å². The second-order valence-corrected chi connectivity index (χ2v) is 5.76. The van der Waals surface area contributed by atoms with Crippen LogP contribution in [0.25, 0.3) is 0 Å². The predicted octanol–water partition coefficient (Wildman–Crippen LogP) is 1.51. The summed E-state index contributed by atoms with van der Waals surface area (Å²) in [6.45, 7) is 4.48. The van der Waals surface area contributed by atoms with Crippen LogP contribution in [-0.4, -0.2) is 50.0 Å². The molecule has 1 aliphatic heterocycles. The van der Waals surface area contributed by atoms with Crippen molar-refractivity contribution in [3.8, 4) is 0 Å². The van der Waals surface area contributed by atoms with Gasteiger partial charge in [0.25, 0.3) is 0 Å². The Morgan fingerprint density at radius 3 is 2.50 bits per heavy atom. The third-order valence-electron chi connectivity index (χ3n) is 4.27. The van der Waals surface area contributed by atoms with Gasteiger partial charge in [0, 0.05) is 38.3 Å². The Labute approximate surface area is 98.8 Å². The van der Waals surface area contributed by atoms with E-state index in [0.29, 0.717) is 6.61 Å². The molecule has 1 heterocycles. The van der Waals surface area contributed by atoms with Crippen LogP contribution in [0.4, 0.5) is 0 Å². The number of hydrogen-bond acceptors (Lipinski definition) is 3. The Bertz CT molecular complexity index is 204. The molecule has 3 heteroatoms. The van der Waals surface area contributed by atoms with Gasteiger partial charge in [-0.1, -0.05) is 6.42 Å². The Hall–Kier alpha value is -0.120. The largest absolute Gasteiger partial charge is 0.396 e. The monoisotopic (exact) mass is 227 g/mol. The van der Waals surface area contributed by atoms with E-state index in [2.05, 4.69) is 11.9 Å². The van der Waals surface area contributed by atoms with Gasteiger partial charge in [0.15, 0.2) is 0 Å². The van der Waals surface area contributed by atoms with Crippen LogP contribution < -0.4 is 0 Å². The van der Waals surface area contributed by atoms with E-state index in [1.165, 1.54) is 38.6 Å². The fourth-order valence-corrected chi connectivity index (χ4v) is 3.05. The average molecular weight is 227 g/mol. The number of aliphatic hydroxyl groups is 1. The lowest BCUT2D eigenvalue weighted by atomic mass is 9.69. The fourth-order valence-electron chi connectivity index (χ4n) is 3.05. The molecule has 0 spiro atoms. The molecule has 0 atom stereocenters. The SMILES string of the molecule is CN(CC1CCOCC1)CC1(CO)CCC1. The molecule has 2 rings (SSSR count). The van der Waals surface area contributed by atoms with Crippen molar-refractivity contribution in [3.63, 3.8) is 0 Å². The highest BCUT2D eigenvalue weighted by molar-refractivity contribution is 4.89. The summed E-state index contributed by atoms with van der Waals surface area (Å²) in [4.78, 5) is 2.42. The van der Waals surface area contributed by atoms with Gasteiger partial charge >= 0.3 is 0 Å². The standard InChI is InChI=1S/C13H25NO2/c1-14(9-12-3-7-16-8-4-12)10-13(11-15)5-2-6-13/h12,15H,2-11H2,1H3. The lowest BCUT2D eigenvalue weighted by Crippen LogP contribution is -2.45. The quantitative estimate of drug-likeness (QED) is 0.772. The molecule has 1 saturated carbocycles. The van der Waals surface area contributed by atoms with Crippen LogP contribution >= 0.6 is 0 Å². The van der Waals surface area contributed by atoms with E-state index in [4.69, 9.17) is 4.74 Å². The predicted molar refractivity (Wildman–Crippen MR) is 64.4 cm³/mol. The van der Waals surface area contributed by atoms with E-state index in [1.54, 1.807) is 0 Å². The first-order valence-corrected chi connectivity index (χ1v) is 6.61. The lowest BCUT2D eigenvalue weighted by molar-refractivity contribution is 0.00204. The van der Waals surface area contributed by atoms with Crippen molar-refractivity contribution in [1.82, 2.24) is 4.90 Å². The molecule has 1 aliphatic carbocycles. The smallest absolute Gasteiger partial charge is 0.0499 e. The highest BCUT2D eigenvalue weighted by atomic mass is 16.5. The maximum atomic E-state index is 9.44. The minimum atomic E-state index is 0.236. The summed E-state index contributed by atoms with van der Waals surface area (Å²) in [6, 6.07) is 0. The zero-order valence-corrected chi connectivity index (χ0v) is 10.5. The van der Waals surface area contributed by atoms with Crippen molar-refractivity contribution >= 4 is 0 Å². The maximum Gasteiger partial charge on any atom is 0.0499 e. The zero-order chi connectivity index (χ0) is 11.4. The molecule has 0 aromatic carbocycles. The van der Waals surface area contributed by atoms with Crippen molar-refractivity contribution in [3.05, 3.63) is 0 Å². The number of rotatable bonds is 5. The third-order valence-corrected chi connectivity index (χ3v) is 4.27. The molecule has 0 aromatic heterocycles. The normalized spacial score (nSPS) is 25.7. The Balaban J connectivity index is 1.72. The van der Waals surface area contributed by atoms with Gasteiger partial charge in [0.1, 0.15) is 0 Å². The van der Waals surface area contributed by atoms with Crippen LogP contribution in [0.1, 0.15) is 32.1 Å². The van der Waals surface area contributed by atoms with Gasteiger partial charge in [-0.05, 0) is 38.6 Å². The van der Waals surface area contributed by atoms with E-state index < -0.39 is 0 Å². The van der Waals surface area contributed by atoms with Crippen LogP contribution in [0, 0.1) is 11.3 Å². The Morgan fingerprint density at radius 1 is 1.31 bits per heavy atom. The van der Waals surface area contributed by atoms with Gasteiger partial charge in [-0.25, -0.2) is 0 Å². The van der Waals surface area contributed by atoms with Crippen molar-refractivity contribution < 1.29 is 9.84 Å². The highest BCUT2D eigenvalue weighted by Crippen LogP contribution is 2.40. The minimum absolute atomic E-state index is 0.236. The van der Waals surface area contributed by atoms with Crippen LogP contribution in [0.3, 0.4) is 0 Å². The van der Waals surface area contributed by atoms with Gasteiger partial charge in [-0.15, -0.1) is 0 Å². The molecule has 0 aromatic rings. The van der Waals surface area contributed by atoms with Gasteiger partial charge in [-0.3, -0.25) is 0 Å². The fraction of sp³-hybridized carbons (Fsp3) is 1.00. The molecular formula is C13H25NO2. The number of ether oxygens (including phenoxy) is 1. The lowest BCUT2D eigenvalue weighted by Gasteiger charge is -2.43. The first kappa shape index (κ1) is 12.3. The van der Waals surface area contributed by atoms with E-state index in [0.717, 1.165) is 25.7 Å². The molecule has 16 heavy (non-hydrogen) atoms. The minimum Gasteiger partial charge on any atom is -0.396 e. The Morgan fingerprint density at radius 2 is 2.00 bits per heavy atom. The molecule has 94 valence electrons. The van der Waals surface area contributed by atoms with Crippen molar-refractivity contribution in [2.45, 2.75) is 32.1 Å². The van der Waals surface area contributed by atoms with Crippen molar-refractivity contribution in [1.29, 1.82) is 0 Å². The average Bonchev–Trinajstić information content (AvgIpc) is 2.25. The molecule has 0 bridgehead atoms. The highest BCUT2D eigenvalue weighted by Gasteiger charge is 2.37. The topological polar surface area (TPSA) is 32.7 Å². The summed E-state index contributed by atoms with van der Waals surface area (Å²) in [5.74, 6) is 0.801. The molecule has 2 fully saturated rings. The van der Waals surface area contributed by atoms with Crippen LogP contribution in [-0.2, 0) is 4.74 Å². The Kier molecular flexibility index (Phi) is 4.22. The van der Waals surface area contributed by atoms with Crippen molar-refractivity contribution in [2.24, 2.45) is 11.3 Å². The molecule has 0 radical (unpaired) electrons. The number of hydrogen-bond donors (Lipinski definition) is 1. The second-order valence-electron chi connectivity index (χ2n) is 5.76. The molecule has 1 saturated heterocycles. The van der Waals surface area contributed by atoms with E-state index >= 15 is 0 Å². The van der Waals surface area contributed by atoms with Gasteiger partial charge in [-0.2, -0.15) is 0 Å². The number of aliphatic hydroxyl groups excluding tert-OH is 1. The molecule has 0 amide bonds. The molecule has 0 unspecified atom stereocenters. The summed E-state index contributed by atoms with van der Waals surface area (Å²) in [7, 11) is 2.20. The number of nitrogens with zero attached hydrogens (tertiary/aromatic N) is 1. The van der Waals surface area contributed by atoms with Gasteiger partial charge in [0.05, 0.1) is 0 Å². The van der Waals surface area contributed by atoms with E-state index in [9.17, 15) is 5.11 Å². The van der Waals surface area contributed by atoms with E-state index in [-0.39, 0.29) is 5.41 Å². The third kappa shape index (κ3) is 2.96. The van der Waals surface area contributed by atoms with Crippen LogP contribution in [0.5, 0.6) is 0 Å². The summed E-state index contributed by atoms with van der Waals surface area (Å²) in [5.41, 5.74) is 0.236. The molecule has 3 nitrogen and oxygen atoms in total. The first-order chi connectivity index (χ1) is 7.74. The summed E-state index contributed by atoms with van der Waals surface area (Å²) >= 11 is 0. The van der Waals surface area contributed by atoms with Crippen LogP contribution in [0.2, 0.25) is 0 Å².